The van der Waals surface area contributed by atoms with Crippen molar-refractivity contribution in [2.45, 2.75) is 66.2 Å². The molecule has 0 spiro atoms. The van der Waals surface area contributed by atoms with Gasteiger partial charge in [0.15, 0.2) is 0 Å². The fourth-order valence-corrected chi connectivity index (χ4v) is 4.52. The summed E-state index contributed by atoms with van der Waals surface area (Å²) < 4.78 is 0. The van der Waals surface area contributed by atoms with E-state index in [0.717, 1.165) is 17.8 Å². The molecule has 0 bridgehead atoms. The maximum absolute atomic E-state index is 2.64. The molecule has 1 heteroatoms. The molecule has 0 saturated heterocycles. The lowest BCUT2D eigenvalue weighted by molar-refractivity contribution is 0.348. The van der Waals surface area contributed by atoms with E-state index in [4.69, 9.17) is 0 Å². The largest absolute Gasteiger partial charge is 0.309 e. The summed E-state index contributed by atoms with van der Waals surface area (Å²) in [5.41, 5.74) is 5.23. The van der Waals surface area contributed by atoms with E-state index in [0.29, 0.717) is 5.92 Å². The van der Waals surface area contributed by atoms with E-state index in [1.165, 1.54) is 45.1 Å². The third kappa shape index (κ3) is 4.04. The van der Waals surface area contributed by atoms with Gasteiger partial charge in [-0.3, -0.25) is 0 Å². The smallest absolute Gasteiger partial charge is 0.00424 e. The van der Waals surface area contributed by atoms with Crippen molar-refractivity contribution in [3.8, 4) is 0 Å². The Labute approximate surface area is 138 Å². The summed E-state index contributed by atoms with van der Waals surface area (Å²) in [5, 5.41) is 0. The molecular formula is C21H37N. The van der Waals surface area contributed by atoms with Gasteiger partial charge in [0, 0.05) is 12.5 Å². The highest BCUT2D eigenvalue weighted by molar-refractivity contribution is 5.45. The van der Waals surface area contributed by atoms with E-state index in [-0.39, 0.29) is 0 Å². The van der Waals surface area contributed by atoms with Crippen LogP contribution in [0.3, 0.4) is 0 Å². The van der Waals surface area contributed by atoms with Gasteiger partial charge < -0.3 is 4.90 Å². The zero-order valence-electron chi connectivity index (χ0n) is 15.8. The first kappa shape index (κ1) is 17.8. The Balaban J connectivity index is 2.26. The van der Waals surface area contributed by atoms with E-state index in [1.807, 2.05) is 0 Å². The van der Waals surface area contributed by atoms with Crippen molar-refractivity contribution in [2.24, 2.45) is 23.7 Å². The second kappa shape index (κ2) is 7.81. The fourth-order valence-electron chi connectivity index (χ4n) is 4.52. The van der Waals surface area contributed by atoms with Gasteiger partial charge in [-0.05, 0) is 56.7 Å². The molecule has 2 aliphatic carbocycles. The first-order valence-corrected chi connectivity index (χ1v) is 9.51. The molecule has 0 aliphatic heterocycles. The van der Waals surface area contributed by atoms with E-state index in [1.54, 1.807) is 16.7 Å². The van der Waals surface area contributed by atoms with Crippen LogP contribution in [0.1, 0.15) is 66.2 Å². The molecule has 22 heavy (non-hydrogen) atoms. The Bertz CT molecular complexity index is 419. The molecule has 0 N–H and O–H groups in total. The van der Waals surface area contributed by atoms with Gasteiger partial charge in [0.2, 0.25) is 0 Å². The highest BCUT2D eigenvalue weighted by atomic mass is 15.0. The number of allylic oxidation sites excluding steroid dienone is 3. The topological polar surface area (TPSA) is 3.24 Å². The van der Waals surface area contributed by atoms with Crippen LogP contribution in [0.4, 0.5) is 0 Å². The molecule has 0 radical (unpaired) electrons. The lowest BCUT2D eigenvalue weighted by Gasteiger charge is -2.31. The average Bonchev–Trinajstić information content (AvgIpc) is 2.85. The molecular weight excluding hydrogens is 266 g/mol. The van der Waals surface area contributed by atoms with Crippen molar-refractivity contribution in [2.75, 3.05) is 20.6 Å². The van der Waals surface area contributed by atoms with Gasteiger partial charge in [-0.2, -0.15) is 0 Å². The normalized spacial score (nSPS) is 24.0. The molecule has 2 rings (SSSR count). The minimum Gasteiger partial charge on any atom is -0.309 e. The van der Waals surface area contributed by atoms with Gasteiger partial charge in [-0.15, -0.1) is 0 Å². The van der Waals surface area contributed by atoms with E-state index >= 15 is 0 Å². The summed E-state index contributed by atoms with van der Waals surface area (Å²) in [6.07, 6.45) is 11.1. The van der Waals surface area contributed by atoms with Crippen LogP contribution in [0.25, 0.3) is 0 Å². The van der Waals surface area contributed by atoms with Crippen LogP contribution in [0.2, 0.25) is 0 Å². The van der Waals surface area contributed by atoms with Crippen LogP contribution in [0.5, 0.6) is 0 Å². The minimum absolute atomic E-state index is 0.666. The quantitative estimate of drug-likeness (QED) is 0.610. The van der Waals surface area contributed by atoms with Gasteiger partial charge in [0.25, 0.3) is 0 Å². The zero-order valence-corrected chi connectivity index (χ0v) is 15.8. The van der Waals surface area contributed by atoms with E-state index in [2.05, 4.69) is 52.8 Å². The molecule has 126 valence electrons. The molecule has 1 fully saturated rings. The minimum atomic E-state index is 0.666. The van der Waals surface area contributed by atoms with Gasteiger partial charge in [0.1, 0.15) is 0 Å². The van der Waals surface area contributed by atoms with Crippen LogP contribution in [-0.4, -0.2) is 25.5 Å². The number of hydrogen-bond acceptors (Lipinski definition) is 1. The van der Waals surface area contributed by atoms with Gasteiger partial charge in [-0.1, -0.05) is 64.2 Å². The molecule has 1 nitrogen and oxygen atoms in total. The van der Waals surface area contributed by atoms with E-state index < -0.39 is 0 Å². The van der Waals surface area contributed by atoms with Crippen molar-refractivity contribution < 1.29 is 0 Å². The maximum atomic E-state index is 2.64. The second-order valence-corrected chi connectivity index (χ2v) is 8.39. The third-order valence-electron chi connectivity index (χ3n) is 5.62. The molecule has 0 amide bonds. The molecule has 0 aromatic rings. The highest BCUT2D eigenvalue weighted by Crippen LogP contribution is 2.47. The summed E-state index contributed by atoms with van der Waals surface area (Å²) in [6.45, 7) is 10.8. The van der Waals surface area contributed by atoms with E-state index in [9.17, 15) is 0 Å². The van der Waals surface area contributed by atoms with Crippen LogP contribution in [-0.2, 0) is 0 Å². The Kier molecular flexibility index (Phi) is 6.32. The second-order valence-electron chi connectivity index (χ2n) is 8.39. The number of nitrogens with zero attached hydrogens (tertiary/aromatic N) is 1. The van der Waals surface area contributed by atoms with Gasteiger partial charge in [0.05, 0.1) is 0 Å². The fraction of sp³-hybridized carbons (Fsp3) is 0.810. The SMILES string of the molecule is CC(C)C1=C(CCN(C)C)C(C(C)C)C(C2CCCCC2)=C1. The first-order chi connectivity index (χ1) is 10.4. The molecule has 2 aliphatic rings. The molecule has 0 aromatic heterocycles. The Morgan fingerprint density at radius 2 is 1.68 bits per heavy atom. The van der Waals surface area contributed by atoms with Crippen molar-refractivity contribution in [3.63, 3.8) is 0 Å². The van der Waals surface area contributed by atoms with Crippen molar-refractivity contribution in [3.05, 3.63) is 22.8 Å². The number of rotatable bonds is 6. The maximum Gasteiger partial charge on any atom is 0.00424 e. The average molecular weight is 304 g/mol. The van der Waals surface area contributed by atoms with Crippen LogP contribution in [0.15, 0.2) is 22.8 Å². The lowest BCUT2D eigenvalue weighted by atomic mass is 9.74. The summed E-state index contributed by atoms with van der Waals surface area (Å²) in [4.78, 5) is 2.33. The molecule has 1 saturated carbocycles. The standard InChI is InChI=1S/C21H37N/c1-15(2)19-14-20(17-10-8-7-9-11-17)21(16(3)4)18(19)12-13-22(5)6/h14-17,21H,7-13H2,1-6H3. The lowest BCUT2D eigenvalue weighted by Crippen LogP contribution is -2.22. The summed E-state index contributed by atoms with van der Waals surface area (Å²) in [6, 6.07) is 0. The van der Waals surface area contributed by atoms with Crippen LogP contribution < -0.4 is 0 Å². The summed E-state index contributed by atoms with van der Waals surface area (Å²) in [5.74, 6) is 2.99. The van der Waals surface area contributed by atoms with Gasteiger partial charge >= 0.3 is 0 Å². The summed E-state index contributed by atoms with van der Waals surface area (Å²) in [7, 11) is 4.40. The Morgan fingerprint density at radius 1 is 1.05 bits per heavy atom. The first-order valence-electron chi connectivity index (χ1n) is 9.51. The van der Waals surface area contributed by atoms with Crippen molar-refractivity contribution in [1.82, 2.24) is 4.90 Å². The Hall–Kier alpha value is -0.560. The highest BCUT2D eigenvalue weighted by Gasteiger charge is 2.34. The molecule has 0 heterocycles. The Morgan fingerprint density at radius 3 is 2.18 bits per heavy atom. The van der Waals surface area contributed by atoms with Crippen LogP contribution >= 0.6 is 0 Å². The monoisotopic (exact) mass is 303 g/mol. The van der Waals surface area contributed by atoms with Gasteiger partial charge in [-0.25, -0.2) is 0 Å². The zero-order chi connectivity index (χ0) is 16.3. The summed E-state index contributed by atoms with van der Waals surface area (Å²) >= 11 is 0. The van der Waals surface area contributed by atoms with Crippen molar-refractivity contribution >= 4 is 0 Å². The predicted octanol–water partition coefficient (Wildman–Crippen LogP) is 5.68. The predicted molar refractivity (Wildman–Crippen MR) is 98.0 cm³/mol. The van der Waals surface area contributed by atoms with Crippen LogP contribution in [0, 0.1) is 23.7 Å². The molecule has 1 unspecified atom stereocenters. The number of hydrogen-bond donors (Lipinski definition) is 0. The van der Waals surface area contributed by atoms with Crippen molar-refractivity contribution in [1.29, 1.82) is 0 Å². The molecule has 0 aromatic carbocycles. The molecule has 1 atom stereocenters. The third-order valence-corrected chi connectivity index (χ3v) is 5.62.